The lowest BCUT2D eigenvalue weighted by Gasteiger charge is -2.34. The van der Waals surface area contributed by atoms with Crippen LogP contribution in [-0.4, -0.2) is 57.5 Å². The molecule has 3 heterocycles. The highest BCUT2D eigenvalue weighted by atomic mass is 35.5. The molecule has 162 valence electrons. The van der Waals surface area contributed by atoms with Gasteiger partial charge in [-0.15, -0.1) is 0 Å². The second-order valence-electron chi connectivity index (χ2n) is 7.51. The summed E-state index contributed by atoms with van der Waals surface area (Å²) in [6.07, 6.45) is 4.53. The molecule has 1 unspecified atom stereocenters. The van der Waals surface area contributed by atoms with Gasteiger partial charge in [-0.05, 0) is 19.1 Å². The van der Waals surface area contributed by atoms with Crippen molar-refractivity contribution < 1.29 is 14.0 Å². The summed E-state index contributed by atoms with van der Waals surface area (Å²) in [7, 11) is 0. The first-order chi connectivity index (χ1) is 14.9. The maximum Gasteiger partial charge on any atom is 0.350 e. The minimum atomic E-state index is -1.51. The van der Waals surface area contributed by atoms with Gasteiger partial charge in [-0.25, -0.2) is 4.98 Å². The number of imidazole rings is 1. The largest absolute Gasteiger partial charge is 0.350 e. The van der Waals surface area contributed by atoms with E-state index in [9.17, 15) is 14.0 Å². The van der Waals surface area contributed by atoms with Gasteiger partial charge in [-0.3, -0.25) is 14.5 Å². The Labute approximate surface area is 185 Å². The number of rotatable bonds is 4. The number of aromatic nitrogens is 2. The minimum Gasteiger partial charge on any atom is -0.330 e. The molecule has 1 aromatic heterocycles. The van der Waals surface area contributed by atoms with Gasteiger partial charge in [-0.1, -0.05) is 35.9 Å². The monoisotopic (exact) mass is 443 g/mol. The maximum absolute atomic E-state index is 13.0. The Balaban J connectivity index is 0.000000330. The van der Waals surface area contributed by atoms with Crippen molar-refractivity contribution in [3.63, 3.8) is 0 Å². The number of halogens is 2. The third-order valence-corrected chi connectivity index (χ3v) is 5.39. The molecule has 1 saturated heterocycles. The van der Waals surface area contributed by atoms with E-state index in [1.54, 1.807) is 15.5 Å². The Morgan fingerprint density at radius 2 is 2.00 bits per heavy atom. The normalized spacial score (nSPS) is 18.5. The maximum atomic E-state index is 13.0. The van der Waals surface area contributed by atoms with Crippen molar-refractivity contribution >= 4 is 23.5 Å². The van der Waals surface area contributed by atoms with Crippen LogP contribution >= 0.6 is 11.6 Å². The highest BCUT2D eigenvalue weighted by molar-refractivity contribution is 6.30. The van der Waals surface area contributed by atoms with Crippen molar-refractivity contribution in [2.75, 3.05) is 26.2 Å². The van der Waals surface area contributed by atoms with E-state index >= 15 is 0 Å². The van der Waals surface area contributed by atoms with Crippen molar-refractivity contribution in [1.29, 1.82) is 5.26 Å². The van der Waals surface area contributed by atoms with Gasteiger partial charge < -0.3 is 9.47 Å². The van der Waals surface area contributed by atoms with Crippen LogP contribution in [-0.2, 0) is 11.3 Å². The lowest BCUT2D eigenvalue weighted by Crippen LogP contribution is -2.45. The van der Waals surface area contributed by atoms with E-state index in [2.05, 4.69) is 16.0 Å². The zero-order valence-electron chi connectivity index (χ0n) is 17.1. The molecule has 2 aliphatic heterocycles. The second kappa shape index (κ2) is 10.3. The Kier molecular flexibility index (Phi) is 7.55. The van der Waals surface area contributed by atoms with Gasteiger partial charge >= 0.3 is 6.04 Å². The molecule has 0 saturated carbocycles. The molecule has 2 aromatic rings. The van der Waals surface area contributed by atoms with E-state index in [-0.39, 0.29) is 30.1 Å². The Bertz CT molecular complexity index is 995. The van der Waals surface area contributed by atoms with Crippen LogP contribution in [0.15, 0.2) is 48.7 Å². The number of fused-ring (bicyclic) bond motifs is 1. The summed E-state index contributed by atoms with van der Waals surface area (Å²) in [5.74, 6) is 0.473. The summed E-state index contributed by atoms with van der Waals surface area (Å²) in [4.78, 5) is 31.0. The SMILES string of the molecule is CC1CN(C(=O)/C=C/CN2CC(C#N)C2)Cc2ncc(C(=O)F)n21.Clc1ccccc1. The Morgan fingerprint density at radius 3 is 2.58 bits per heavy atom. The first-order valence-electron chi connectivity index (χ1n) is 9.93. The topological polar surface area (TPSA) is 82.2 Å². The molecule has 2 aliphatic rings. The summed E-state index contributed by atoms with van der Waals surface area (Å²) in [5.41, 5.74) is -0.0648. The number of hydrogen-bond donors (Lipinski definition) is 0. The molecule has 9 heteroatoms. The average molecular weight is 444 g/mol. The van der Waals surface area contributed by atoms with Gasteiger partial charge in [0.15, 0.2) is 0 Å². The van der Waals surface area contributed by atoms with Crippen molar-refractivity contribution in [2.45, 2.75) is 19.5 Å². The molecular weight excluding hydrogens is 421 g/mol. The van der Waals surface area contributed by atoms with Gasteiger partial charge in [0.1, 0.15) is 11.5 Å². The van der Waals surface area contributed by atoms with Crippen LogP contribution in [0.5, 0.6) is 0 Å². The van der Waals surface area contributed by atoms with Crippen LogP contribution in [0.1, 0.15) is 29.3 Å². The minimum absolute atomic E-state index is 0.0648. The van der Waals surface area contributed by atoms with Gasteiger partial charge in [0.25, 0.3) is 0 Å². The van der Waals surface area contributed by atoms with E-state index in [0.717, 1.165) is 18.1 Å². The smallest absolute Gasteiger partial charge is 0.330 e. The molecule has 1 atom stereocenters. The van der Waals surface area contributed by atoms with Crippen LogP contribution in [0.2, 0.25) is 5.02 Å². The molecule has 1 amide bonds. The Hall–Kier alpha value is -3.02. The van der Waals surface area contributed by atoms with E-state index in [4.69, 9.17) is 16.9 Å². The third kappa shape index (κ3) is 5.78. The van der Waals surface area contributed by atoms with Gasteiger partial charge in [0, 0.05) is 37.3 Å². The molecule has 0 aliphatic carbocycles. The summed E-state index contributed by atoms with van der Waals surface area (Å²) in [5, 5.41) is 9.51. The molecule has 1 fully saturated rings. The summed E-state index contributed by atoms with van der Waals surface area (Å²) < 4.78 is 14.6. The molecule has 4 rings (SSSR count). The number of amides is 1. The standard InChI is InChI=1S/C16H18FN5O2.C6H5Cl/c1-11-7-21(10-14-19-6-13(16(17)24)22(11)14)15(23)3-2-4-20-8-12(5-18)9-20;7-6-4-2-1-3-5-6/h2-3,6,11-12H,4,7-10H2,1H3;1-5H/b3-2+;. The molecule has 7 nitrogen and oxygen atoms in total. The molecule has 0 bridgehead atoms. The lowest BCUT2D eigenvalue weighted by molar-refractivity contribution is -0.128. The number of carbonyl (C=O) groups is 2. The number of benzene rings is 1. The van der Waals surface area contributed by atoms with Gasteiger partial charge in [0.05, 0.1) is 30.8 Å². The fraction of sp³-hybridized carbons (Fsp3) is 0.364. The number of hydrogen-bond acceptors (Lipinski definition) is 5. The van der Waals surface area contributed by atoms with Crippen molar-refractivity contribution in [1.82, 2.24) is 19.4 Å². The van der Waals surface area contributed by atoms with E-state index in [0.29, 0.717) is 18.9 Å². The number of likely N-dealkylation sites (tertiary alicyclic amines) is 1. The molecule has 31 heavy (non-hydrogen) atoms. The molecule has 0 N–H and O–H groups in total. The summed E-state index contributed by atoms with van der Waals surface area (Å²) in [6, 6.07) is 9.93. The Morgan fingerprint density at radius 1 is 1.29 bits per heavy atom. The average Bonchev–Trinajstić information content (AvgIpc) is 3.15. The van der Waals surface area contributed by atoms with Gasteiger partial charge in [0.2, 0.25) is 5.91 Å². The number of carbonyl (C=O) groups excluding carboxylic acids is 2. The van der Waals surface area contributed by atoms with Crippen LogP contribution in [0, 0.1) is 17.2 Å². The first-order valence-corrected chi connectivity index (χ1v) is 10.3. The van der Waals surface area contributed by atoms with E-state index in [1.165, 1.54) is 12.3 Å². The van der Waals surface area contributed by atoms with Crippen molar-refractivity contribution in [3.8, 4) is 6.07 Å². The molecular formula is C22H23ClFN5O2. The summed E-state index contributed by atoms with van der Waals surface area (Å²) in [6.45, 7) is 4.60. The summed E-state index contributed by atoms with van der Waals surface area (Å²) >= 11 is 5.54. The highest BCUT2D eigenvalue weighted by Crippen LogP contribution is 2.23. The number of nitrogens with zero attached hydrogens (tertiary/aromatic N) is 5. The first kappa shape index (κ1) is 22.7. The van der Waals surface area contributed by atoms with Crippen LogP contribution in [0.4, 0.5) is 4.39 Å². The second-order valence-corrected chi connectivity index (χ2v) is 7.95. The van der Waals surface area contributed by atoms with Crippen LogP contribution < -0.4 is 0 Å². The molecule has 0 spiro atoms. The fourth-order valence-electron chi connectivity index (χ4n) is 3.58. The molecule has 0 radical (unpaired) electrons. The molecule has 1 aromatic carbocycles. The quantitative estimate of drug-likeness (QED) is 0.535. The van der Waals surface area contributed by atoms with Crippen LogP contribution in [0.3, 0.4) is 0 Å². The third-order valence-electron chi connectivity index (χ3n) is 5.14. The highest BCUT2D eigenvalue weighted by Gasteiger charge is 2.29. The van der Waals surface area contributed by atoms with Crippen molar-refractivity contribution in [3.05, 3.63) is 65.2 Å². The van der Waals surface area contributed by atoms with Gasteiger partial charge in [-0.2, -0.15) is 9.65 Å². The van der Waals surface area contributed by atoms with Crippen LogP contribution in [0.25, 0.3) is 0 Å². The zero-order valence-corrected chi connectivity index (χ0v) is 17.9. The van der Waals surface area contributed by atoms with E-state index in [1.807, 2.05) is 37.3 Å². The van der Waals surface area contributed by atoms with Crippen molar-refractivity contribution in [2.24, 2.45) is 5.92 Å². The number of nitriles is 1. The lowest BCUT2D eigenvalue weighted by atomic mass is 10.0. The zero-order chi connectivity index (χ0) is 22.4. The predicted octanol–water partition coefficient (Wildman–Crippen LogP) is 3.25. The fourth-order valence-corrected chi connectivity index (χ4v) is 3.73. The predicted molar refractivity (Wildman–Crippen MR) is 114 cm³/mol. The van der Waals surface area contributed by atoms with E-state index < -0.39 is 6.04 Å².